The van der Waals surface area contributed by atoms with Crippen LogP contribution in [0.4, 0.5) is 0 Å². The van der Waals surface area contributed by atoms with Crippen molar-refractivity contribution in [1.82, 2.24) is 0 Å². The van der Waals surface area contributed by atoms with Crippen LogP contribution in [-0.2, 0) is 19.1 Å². The highest BCUT2D eigenvalue weighted by atomic mass is 16.5. The molecular formula is C20H22O4. The summed E-state index contributed by atoms with van der Waals surface area (Å²) in [4.78, 5) is 23.0. The summed E-state index contributed by atoms with van der Waals surface area (Å²) in [5, 5.41) is 0. The largest absolute Gasteiger partial charge is 0.428 e. The molecule has 0 N–H and O–H groups in total. The number of carbonyl (C=O) groups is 2. The zero-order valence-corrected chi connectivity index (χ0v) is 14.2. The molecule has 0 amide bonds. The van der Waals surface area contributed by atoms with E-state index in [1.807, 2.05) is 24.3 Å². The smallest absolute Gasteiger partial charge is 0.338 e. The van der Waals surface area contributed by atoms with E-state index >= 15 is 0 Å². The van der Waals surface area contributed by atoms with Gasteiger partial charge in [0.15, 0.2) is 0 Å². The van der Waals surface area contributed by atoms with Crippen molar-refractivity contribution in [2.75, 3.05) is 0 Å². The summed E-state index contributed by atoms with van der Waals surface area (Å²) >= 11 is 0. The molecule has 0 unspecified atom stereocenters. The predicted molar refractivity (Wildman–Crippen MR) is 92.6 cm³/mol. The minimum Gasteiger partial charge on any atom is -0.428 e. The van der Waals surface area contributed by atoms with E-state index in [9.17, 15) is 9.59 Å². The zero-order chi connectivity index (χ0) is 17.7. The predicted octanol–water partition coefficient (Wildman–Crippen LogP) is 4.43. The van der Waals surface area contributed by atoms with Crippen molar-refractivity contribution in [3.63, 3.8) is 0 Å². The van der Waals surface area contributed by atoms with Crippen molar-refractivity contribution in [2.24, 2.45) is 0 Å². The highest BCUT2D eigenvalue weighted by Gasteiger charge is 2.17. The molecule has 0 atom stereocenters. The lowest BCUT2D eigenvalue weighted by molar-refractivity contribution is -0.136. The van der Waals surface area contributed by atoms with Gasteiger partial charge in [0.05, 0.1) is 0 Å². The van der Waals surface area contributed by atoms with Crippen LogP contribution in [0.2, 0.25) is 0 Å². The van der Waals surface area contributed by atoms with Gasteiger partial charge in [0.25, 0.3) is 0 Å². The maximum Gasteiger partial charge on any atom is 0.338 e. The number of hydrogen-bond donors (Lipinski definition) is 0. The Morgan fingerprint density at radius 1 is 0.750 bits per heavy atom. The van der Waals surface area contributed by atoms with Gasteiger partial charge in [-0.3, -0.25) is 0 Å². The lowest BCUT2D eigenvalue weighted by atomic mass is 9.90. The van der Waals surface area contributed by atoms with Crippen molar-refractivity contribution in [3.8, 4) is 0 Å². The van der Waals surface area contributed by atoms with Crippen LogP contribution < -0.4 is 0 Å². The van der Waals surface area contributed by atoms with E-state index in [1.54, 1.807) is 13.8 Å². The summed E-state index contributed by atoms with van der Waals surface area (Å²) < 4.78 is 10.5. The first-order chi connectivity index (χ1) is 11.4. The van der Waals surface area contributed by atoms with Crippen molar-refractivity contribution >= 4 is 11.9 Å². The summed E-state index contributed by atoms with van der Waals surface area (Å²) in [6.07, 6.45) is 10.6. The second kappa shape index (κ2) is 7.77. The Bertz CT molecular complexity index is 652. The van der Waals surface area contributed by atoms with Crippen LogP contribution in [0.1, 0.15) is 39.5 Å². The van der Waals surface area contributed by atoms with Crippen LogP contribution in [0.5, 0.6) is 0 Å². The molecular weight excluding hydrogens is 304 g/mol. The van der Waals surface area contributed by atoms with Crippen molar-refractivity contribution < 1.29 is 19.1 Å². The van der Waals surface area contributed by atoms with E-state index in [1.165, 1.54) is 11.1 Å². The molecule has 0 radical (unpaired) electrons. The van der Waals surface area contributed by atoms with Gasteiger partial charge in [-0.2, -0.15) is 0 Å². The summed E-state index contributed by atoms with van der Waals surface area (Å²) in [7, 11) is 0. The molecule has 0 aromatic carbocycles. The highest BCUT2D eigenvalue weighted by molar-refractivity contribution is 5.88. The number of allylic oxidation sites excluding steroid dienone is 8. The molecule has 4 nitrogen and oxygen atoms in total. The molecule has 4 heteroatoms. The van der Waals surface area contributed by atoms with Gasteiger partial charge in [0.1, 0.15) is 11.5 Å². The van der Waals surface area contributed by atoms with E-state index < -0.39 is 0 Å². The molecule has 2 rings (SSSR count). The Hall–Kier alpha value is -2.62. The maximum absolute atomic E-state index is 11.5. The molecule has 0 spiro atoms. The Labute approximate surface area is 142 Å². The second-order valence-electron chi connectivity index (χ2n) is 5.99. The maximum atomic E-state index is 11.5. The molecule has 0 saturated carbocycles. The molecule has 0 aromatic rings. The average Bonchev–Trinajstić information content (AvgIpc) is 2.56. The number of hydrogen-bond acceptors (Lipinski definition) is 4. The van der Waals surface area contributed by atoms with Crippen LogP contribution in [0.25, 0.3) is 0 Å². The third kappa shape index (κ3) is 4.69. The van der Waals surface area contributed by atoms with E-state index in [2.05, 4.69) is 13.2 Å². The Balaban J connectivity index is 2.01. The van der Waals surface area contributed by atoms with Gasteiger partial charge in [0, 0.05) is 24.0 Å². The van der Waals surface area contributed by atoms with Gasteiger partial charge in [-0.25, -0.2) is 9.59 Å². The standard InChI is InChI=1S/C20H22O4/c1-13(2)19(21)23-17-9-5-15(6-10-17)16-7-11-18(12-8-16)24-20(22)14(3)4/h5,7,9,11H,1,3,6,8,10,12H2,2,4H3. The van der Waals surface area contributed by atoms with Crippen LogP contribution in [0.3, 0.4) is 0 Å². The monoisotopic (exact) mass is 326 g/mol. The number of esters is 2. The van der Waals surface area contributed by atoms with Gasteiger partial charge in [-0.05, 0) is 50.0 Å². The minimum atomic E-state index is -0.387. The van der Waals surface area contributed by atoms with Gasteiger partial charge in [0.2, 0.25) is 0 Å². The van der Waals surface area contributed by atoms with Crippen molar-refractivity contribution in [1.29, 1.82) is 0 Å². The van der Waals surface area contributed by atoms with Gasteiger partial charge in [-0.1, -0.05) is 25.3 Å². The molecule has 0 bridgehead atoms. The number of rotatable bonds is 5. The van der Waals surface area contributed by atoms with E-state index in [4.69, 9.17) is 9.47 Å². The third-order valence-electron chi connectivity index (χ3n) is 3.78. The Morgan fingerprint density at radius 3 is 1.38 bits per heavy atom. The molecule has 0 saturated heterocycles. The quantitative estimate of drug-likeness (QED) is 0.554. The normalized spacial score (nSPS) is 16.9. The van der Waals surface area contributed by atoms with Gasteiger partial charge < -0.3 is 9.47 Å². The fourth-order valence-electron chi connectivity index (χ4n) is 2.35. The molecule has 24 heavy (non-hydrogen) atoms. The van der Waals surface area contributed by atoms with Crippen LogP contribution >= 0.6 is 0 Å². The SMILES string of the molecule is C=C(C)C(=O)OC1=CC=C(C2=CC=C(OC(=O)C(=C)C)CC2)CC1. The first kappa shape index (κ1) is 17.7. The van der Waals surface area contributed by atoms with Crippen molar-refractivity contribution in [2.45, 2.75) is 39.5 Å². The van der Waals surface area contributed by atoms with Gasteiger partial charge >= 0.3 is 11.9 Å². The first-order valence-corrected chi connectivity index (χ1v) is 7.92. The molecule has 0 fully saturated rings. The van der Waals surface area contributed by atoms with Crippen LogP contribution in [0.15, 0.2) is 71.3 Å². The van der Waals surface area contributed by atoms with Crippen LogP contribution in [-0.4, -0.2) is 11.9 Å². The minimum absolute atomic E-state index is 0.387. The fourth-order valence-corrected chi connectivity index (χ4v) is 2.35. The molecule has 0 heterocycles. The fraction of sp³-hybridized carbons (Fsp3) is 0.300. The Kier molecular flexibility index (Phi) is 5.74. The molecule has 2 aliphatic rings. The summed E-state index contributed by atoms with van der Waals surface area (Å²) in [6.45, 7) is 10.4. The summed E-state index contributed by atoms with van der Waals surface area (Å²) in [6, 6.07) is 0. The van der Waals surface area contributed by atoms with Crippen LogP contribution in [0, 0.1) is 0 Å². The lowest BCUT2D eigenvalue weighted by Crippen LogP contribution is -2.09. The zero-order valence-electron chi connectivity index (χ0n) is 14.2. The van der Waals surface area contributed by atoms with E-state index in [0.29, 0.717) is 35.5 Å². The Morgan fingerprint density at radius 2 is 1.12 bits per heavy atom. The van der Waals surface area contributed by atoms with Crippen molar-refractivity contribution in [3.05, 3.63) is 71.3 Å². The van der Waals surface area contributed by atoms with E-state index in [0.717, 1.165) is 12.8 Å². The topological polar surface area (TPSA) is 52.6 Å². The number of ether oxygens (including phenoxy) is 2. The highest BCUT2D eigenvalue weighted by Crippen LogP contribution is 2.31. The van der Waals surface area contributed by atoms with E-state index in [-0.39, 0.29) is 11.9 Å². The average molecular weight is 326 g/mol. The lowest BCUT2D eigenvalue weighted by Gasteiger charge is -2.20. The molecule has 126 valence electrons. The summed E-state index contributed by atoms with van der Waals surface area (Å²) in [5.74, 6) is 0.549. The molecule has 0 aromatic heterocycles. The molecule has 0 aliphatic heterocycles. The molecule has 2 aliphatic carbocycles. The second-order valence-corrected chi connectivity index (χ2v) is 5.99. The van der Waals surface area contributed by atoms with Gasteiger partial charge in [-0.15, -0.1) is 0 Å². The number of carbonyl (C=O) groups excluding carboxylic acids is 2. The third-order valence-corrected chi connectivity index (χ3v) is 3.78. The first-order valence-electron chi connectivity index (χ1n) is 7.92. The summed E-state index contributed by atoms with van der Waals surface area (Å²) in [5.41, 5.74) is 3.21.